The molecule has 0 amide bonds. The van der Waals surface area contributed by atoms with Gasteiger partial charge in [-0.1, -0.05) is 42.5 Å². The van der Waals surface area contributed by atoms with Gasteiger partial charge in [-0.3, -0.25) is 4.99 Å². The second-order valence-electron chi connectivity index (χ2n) is 7.31. The van der Waals surface area contributed by atoms with Gasteiger partial charge in [0.15, 0.2) is 5.96 Å². The smallest absolute Gasteiger partial charge is 0.387 e. The standard InChI is InChI=1S/C23H29F2N3O3.HI/c1-2-26-23(27-14-18-12-13-30-21(18)17-6-4-3-5-7-17)28-15-20(29)16-8-10-19(11-9-16)31-22(24)25;/h3-11,18,20-22,29H,2,12-15H2,1H3,(H2,26,27,28);1H. The van der Waals surface area contributed by atoms with Crippen LogP contribution in [0.1, 0.15) is 36.7 Å². The van der Waals surface area contributed by atoms with Gasteiger partial charge in [0.2, 0.25) is 0 Å². The summed E-state index contributed by atoms with van der Waals surface area (Å²) in [6.07, 6.45) is 0.154. The number of aliphatic imine (C=N–C) groups is 1. The van der Waals surface area contributed by atoms with Gasteiger partial charge in [0, 0.05) is 25.6 Å². The molecule has 1 aliphatic rings. The number of hydrogen-bond donors (Lipinski definition) is 3. The van der Waals surface area contributed by atoms with Crippen LogP contribution in [0.3, 0.4) is 0 Å². The Labute approximate surface area is 204 Å². The summed E-state index contributed by atoms with van der Waals surface area (Å²) in [6, 6.07) is 16.1. The van der Waals surface area contributed by atoms with E-state index in [4.69, 9.17) is 4.74 Å². The van der Waals surface area contributed by atoms with Gasteiger partial charge in [-0.25, -0.2) is 0 Å². The largest absolute Gasteiger partial charge is 0.435 e. The predicted octanol–water partition coefficient (Wildman–Crippen LogP) is 4.27. The molecule has 9 heteroatoms. The van der Waals surface area contributed by atoms with Crippen LogP contribution in [0.25, 0.3) is 0 Å². The molecule has 0 aliphatic carbocycles. The first-order valence-electron chi connectivity index (χ1n) is 10.5. The first kappa shape index (κ1) is 26.3. The van der Waals surface area contributed by atoms with Gasteiger partial charge in [0.05, 0.1) is 18.8 Å². The number of hydrogen-bond acceptors (Lipinski definition) is 4. The first-order valence-corrected chi connectivity index (χ1v) is 10.5. The number of alkyl halides is 2. The number of nitrogens with one attached hydrogen (secondary N) is 2. The lowest BCUT2D eigenvalue weighted by molar-refractivity contribution is -0.0498. The molecule has 0 saturated carbocycles. The van der Waals surface area contributed by atoms with E-state index < -0.39 is 12.7 Å². The Kier molecular flexibility index (Phi) is 11.1. The van der Waals surface area contributed by atoms with E-state index in [1.54, 1.807) is 12.1 Å². The molecule has 1 aliphatic heterocycles. The van der Waals surface area contributed by atoms with Crippen molar-refractivity contribution in [2.45, 2.75) is 32.2 Å². The molecule has 1 saturated heterocycles. The Morgan fingerprint density at radius 3 is 2.53 bits per heavy atom. The number of aliphatic hydroxyl groups is 1. The van der Waals surface area contributed by atoms with Crippen molar-refractivity contribution >= 4 is 29.9 Å². The zero-order chi connectivity index (χ0) is 22.1. The summed E-state index contributed by atoms with van der Waals surface area (Å²) in [7, 11) is 0. The maximum absolute atomic E-state index is 12.3. The Morgan fingerprint density at radius 2 is 1.88 bits per heavy atom. The highest BCUT2D eigenvalue weighted by Crippen LogP contribution is 2.33. The monoisotopic (exact) mass is 561 g/mol. The van der Waals surface area contributed by atoms with Gasteiger partial charge in [-0.2, -0.15) is 8.78 Å². The molecule has 32 heavy (non-hydrogen) atoms. The van der Waals surface area contributed by atoms with E-state index in [0.29, 0.717) is 30.5 Å². The lowest BCUT2D eigenvalue weighted by Crippen LogP contribution is -2.40. The Morgan fingerprint density at radius 1 is 1.16 bits per heavy atom. The van der Waals surface area contributed by atoms with Crippen LogP contribution in [-0.2, 0) is 4.74 Å². The number of nitrogens with zero attached hydrogens (tertiary/aromatic N) is 1. The van der Waals surface area contributed by atoms with Gasteiger partial charge in [0.25, 0.3) is 0 Å². The van der Waals surface area contributed by atoms with Gasteiger partial charge in [0.1, 0.15) is 5.75 Å². The van der Waals surface area contributed by atoms with Crippen LogP contribution in [0.5, 0.6) is 5.75 Å². The Hall–Kier alpha value is -1.98. The predicted molar refractivity (Wildman–Crippen MR) is 131 cm³/mol. The molecular weight excluding hydrogens is 531 g/mol. The molecule has 3 atom stereocenters. The maximum atomic E-state index is 12.3. The minimum absolute atomic E-state index is 0. The molecule has 0 aromatic heterocycles. The Balaban J connectivity index is 0.00000363. The SMILES string of the molecule is CCNC(=NCC(O)c1ccc(OC(F)F)cc1)NCC1CCOC1c1ccccc1.I. The molecule has 3 rings (SSSR count). The van der Waals surface area contributed by atoms with E-state index in [9.17, 15) is 13.9 Å². The van der Waals surface area contributed by atoms with E-state index in [1.165, 1.54) is 17.7 Å². The molecule has 0 spiro atoms. The van der Waals surface area contributed by atoms with E-state index in [0.717, 1.165) is 13.0 Å². The molecule has 3 N–H and O–H groups in total. The maximum Gasteiger partial charge on any atom is 0.387 e. The molecule has 1 heterocycles. The summed E-state index contributed by atoms with van der Waals surface area (Å²) in [4.78, 5) is 4.47. The molecule has 2 aromatic rings. The molecule has 2 aromatic carbocycles. The van der Waals surface area contributed by atoms with Crippen molar-refractivity contribution in [1.29, 1.82) is 0 Å². The second kappa shape index (κ2) is 13.5. The molecule has 0 bridgehead atoms. The highest BCUT2D eigenvalue weighted by atomic mass is 127. The minimum Gasteiger partial charge on any atom is -0.435 e. The lowest BCUT2D eigenvalue weighted by Gasteiger charge is -2.21. The minimum atomic E-state index is -2.87. The van der Waals surface area contributed by atoms with Crippen molar-refractivity contribution in [1.82, 2.24) is 10.6 Å². The van der Waals surface area contributed by atoms with Crippen molar-refractivity contribution in [3.05, 3.63) is 65.7 Å². The third kappa shape index (κ3) is 7.86. The van der Waals surface area contributed by atoms with Crippen LogP contribution >= 0.6 is 24.0 Å². The average molecular weight is 561 g/mol. The number of aliphatic hydroxyl groups excluding tert-OH is 1. The van der Waals surface area contributed by atoms with Crippen molar-refractivity contribution < 1.29 is 23.4 Å². The third-order valence-electron chi connectivity index (χ3n) is 5.13. The van der Waals surface area contributed by atoms with Gasteiger partial charge in [-0.15, -0.1) is 24.0 Å². The molecule has 3 unspecified atom stereocenters. The molecule has 1 fully saturated rings. The molecule has 176 valence electrons. The van der Waals surface area contributed by atoms with Crippen molar-refractivity contribution in [2.75, 3.05) is 26.2 Å². The topological polar surface area (TPSA) is 75.1 Å². The summed E-state index contributed by atoms with van der Waals surface area (Å²) >= 11 is 0. The van der Waals surface area contributed by atoms with Gasteiger partial charge < -0.3 is 25.2 Å². The van der Waals surface area contributed by atoms with E-state index in [2.05, 4.69) is 32.5 Å². The van der Waals surface area contributed by atoms with Gasteiger partial charge >= 0.3 is 6.61 Å². The number of guanidine groups is 1. The normalized spacial score (nSPS) is 19.3. The van der Waals surface area contributed by atoms with Crippen molar-refractivity contribution in [2.24, 2.45) is 10.9 Å². The van der Waals surface area contributed by atoms with Crippen LogP contribution in [0, 0.1) is 5.92 Å². The molecule has 6 nitrogen and oxygen atoms in total. The number of rotatable bonds is 9. The molecule has 0 radical (unpaired) electrons. The Bertz CT molecular complexity index is 825. The number of halogens is 3. The number of ether oxygens (including phenoxy) is 2. The van der Waals surface area contributed by atoms with Crippen LogP contribution in [0.15, 0.2) is 59.6 Å². The number of benzene rings is 2. The summed E-state index contributed by atoms with van der Waals surface area (Å²) in [5.74, 6) is 0.979. The van der Waals surface area contributed by atoms with Crippen LogP contribution < -0.4 is 15.4 Å². The lowest BCUT2D eigenvalue weighted by atomic mass is 9.95. The zero-order valence-corrected chi connectivity index (χ0v) is 20.2. The zero-order valence-electron chi connectivity index (χ0n) is 17.9. The van der Waals surface area contributed by atoms with Gasteiger partial charge in [-0.05, 0) is 36.6 Å². The van der Waals surface area contributed by atoms with Crippen molar-refractivity contribution in [3.8, 4) is 5.75 Å². The highest BCUT2D eigenvalue weighted by molar-refractivity contribution is 14.0. The van der Waals surface area contributed by atoms with Crippen LogP contribution in [0.2, 0.25) is 0 Å². The quantitative estimate of drug-likeness (QED) is 0.242. The fraction of sp³-hybridized carbons (Fsp3) is 0.435. The van der Waals surface area contributed by atoms with Crippen LogP contribution in [-0.4, -0.2) is 43.9 Å². The van der Waals surface area contributed by atoms with E-state index >= 15 is 0 Å². The summed E-state index contributed by atoms with van der Waals surface area (Å²) < 4.78 is 34.8. The average Bonchev–Trinajstić information content (AvgIpc) is 3.25. The van der Waals surface area contributed by atoms with E-state index in [1.807, 2.05) is 25.1 Å². The van der Waals surface area contributed by atoms with Crippen LogP contribution in [0.4, 0.5) is 8.78 Å². The summed E-state index contributed by atoms with van der Waals surface area (Å²) in [5, 5.41) is 16.9. The van der Waals surface area contributed by atoms with Crippen molar-refractivity contribution in [3.63, 3.8) is 0 Å². The molecular formula is C23H30F2IN3O3. The third-order valence-corrected chi connectivity index (χ3v) is 5.13. The fourth-order valence-electron chi connectivity index (χ4n) is 3.58. The van der Waals surface area contributed by atoms with E-state index in [-0.39, 0.29) is 42.4 Å². The summed E-state index contributed by atoms with van der Waals surface area (Å²) in [6.45, 7) is 1.34. The first-order chi connectivity index (χ1) is 15.1. The fourth-order valence-corrected chi connectivity index (χ4v) is 3.58. The summed E-state index contributed by atoms with van der Waals surface area (Å²) in [5.41, 5.74) is 1.75. The second-order valence-corrected chi connectivity index (χ2v) is 7.31. The highest BCUT2D eigenvalue weighted by Gasteiger charge is 2.29.